The van der Waals surface area contributed by atoms with Crippen LogP contribution in [0.3, 0.4) is 0 Å². The standard InChI is InChI=1S/C17H20N2O2S/c1-2-18(13-16-9-6-10-22-16)11-15-12-19(17(20)21-15)14-7-4-3-5-8-14/h3-10,15H,2,11-13H2,1H3/t15-/m1/s1. The summed E-state index contributed by atoms with van der Waals surface area (Å²) >= 11 is 1.76. The quantitative estimate of drug-likeness (QED) is 0.816. The molecule has 0 radical (unpaired) electrons. The maximum Gasteiger partial charge on any atom is 0.414 e. The minimum Gasteiger partial charge on any atom is -0.443 e. The lowest BCUT2D eigenvalue weighted by molar-refractivity contribution is 0.108. The normalized spacial score (nSPS) is 18.0. The van der Waals surface area contributed by atoms with Crippen LogP contribution in [-0.2, 0) is 11.3 Å². The van der Waals surface area contributed by atoms with Crippen molar-refractivity contribution in [3.8, 4) is 0 Å². The van der Waals surface area contributed by atoms with Crippen molar-refractivity contribution in [3.63, 3.8) is 0 Å². The molecule has 1 aliphatic rings. The Kier molecular flexibility index (Phi) is 4.75. The van der Waals surface area contributed by atoms with Crippen molar-refractivity contribution in [2.45, 2.75) is 19.6 Å². The van der Waals surface area contributed by atoms with Crippen LogP contribution in [0.2, 0.25) is 0 Å². The van der Waals surface area contributed by atoms with Crippen LogP contribution in [0.4, 0.5) is 10.5 Å². The second-order valence-corrected chi connectivity index (χ2v) is 6.39. The average molecular weight is 316 g/mol. The first-order valence-corrected chi connectivity index (χ1v) is 8.42. The molecule has 2 aromatic rings. The molecule has 1 atom stereocenters. The zero-order valence-corrected chi connectivity index (χ0v) is 13.5. The van der Waals surface area contributed by atoms with Gasteiger partial charge >= 0.3 is 6.09 Å². The number of hydrogen-bond acceptors (Lipinski definition) is 4. The van der Waals surface area contributed by atoms with Crippen molar-refractivity contribution in [2.24, 2.45) is 0 Å². The van der Waals surface area contributed by atoms with E-state index in [-0.39, 0.29) is 12.2 Å². The van der Waals surface area contributed by atoms with Gasteiger partial charge in [-0.15, -0.1) is 11.3 Å². The summed E-state index contributed by atoms with van der Waals surface area (Å²) in [6.45, 7) is 5.37. The molecule has 0 saturated carbocycles. The topological polar surface area (TPSA) is 32.8 Å². The molecule has 5 heteroatoms. The minimum atomic E-state index is -0.247. The highest BCUT2D eigenvalue weighted by atomic mass is 32.1. The molecule has 0 aliphatic carbocycles. The van der Waals surface area contributed by atoms with Gasteiger partial charge in [0.05, 0.1) is 6.54 Å². The molecule has 3 rings (SSSR count). The van der Waals surface area contributed by atoms with Gasteiger partial charge in [-0.2, -0.15) is 0 Å². The summed E-state index contributed by atoms with van der Waals surface area (Å²) in [5, 5.41) is 2.09. The van der Waals surface area contributed by atoms with Crippen molar-refractivity contribution in [2.75, 3.05) is 24.5 Å². The van der Waals surface area contributed by atoms with Crippen LogP contribution >= 0.6 is 11.3 Å². The molecule has 1 amide bonds. The van der Waals surface area contributed by atoms with E-state index in [2.05, 4.69) is 29.3 Å². The lowest BCUT2D eigenvalue weighted by Crippen LogP contribution is -2.34. The molecule has 22 heavy (non-hydrogen) atoms. The third-order valence-electron chi connectivity index (χ3n) is 3.81. The number of carbonyl (C=O) groups is 1. The molecule has 1 aromatic carbocycles. The average Bonchev–Trinajstić information content (AvgIpc) is 3.17. The Morgan fingerprint density at radius 3 is 2.77 bits per heavy atom. The maximum absolute atomic E-state index is 12.1. The molecular formula is C17H20N2O2S. The van der Waals surface area contributed by atoms with Crippen LogP contribution in [0.1, 0.15) is 11.8 Å². The molecule has 1 fully saturated rings. The highest BCUT2D eigenvalue weighted by molar-refractivity contribution is 7.09. The van der Waals surface area contributed by atoms with Gasteiger partial charge in [0, 0.05) is 23.7 Å². The number of benzene rings is 1. The summed E-state index contributed by atoms with van der Waals surface area (Å²) in [5.41, 5.74) is 0.899. The Labute approximate surface area is 134 Å². The second kappa shape index (κ2) is 6.94. The summed E-state index contributed by atoms with van der Waals surface area (Å²) in [5.74, 6) is 0. The van der Waals surface area contributed by atoms with Crippen LogP contribution in [-0.4, -0.2) is 36.7 Å². The highest BCUT2D eigenvalue weighted by Gasteiger charge is 2.33. The SMILES string of the molecule is CCN(Cc1cccs1)C[C@@H]1CN(c2ccccc2)C(=O)O1. The van der Waals surface area contributed by atoms with Gasteiger partial charge in [-0.05, 0) is 30.1 Å². The van der Waals surface area contributed by atoms with Gasteiger partial charge in [-0.25, -0.2) is 4.79 Å². The Morgan fingerprint density at radius 1 is 1.27 bits per heavy atom. The molecule has 116 valence electrons. The van der Waals surface area contributed by atoms with E-state index < -0.39 is 0 Å². The first kappa shape index (κ1) is 15.1. The molecule has 0 bridgehead atoms. The monoisotopic (exact) mass is 316 g/mol. The Hall–Kier alpha value is -1.85. The molecule has 4 nitrogen and oxygen atoms in total. The van der Waals surface area contributed by atoms with E-state index >= 15 is 0 Å². The molecule has 0 N–H and O–H groups in total. The molecule has 1 aromatic heterocycles. The van der Waals surface area contributed by atoms with Crippen LogP contribution in [0.25, 0.3) is 0 Å². The molecule has 2 heterocycles. The van der Waals surface area contributed by atoms with Crippen molar-refractivity contribution in [3.05, 3.63) is 52.7 Å². The van der Waals surface area contributed by atoms with E-state index in [1.807, 2.05) is 30.3 Å². The number of ether oxygens (including phenoxy) is 1. The van der Waals surface area contributed by atoms with Gasteiger partial charge in [0.1, 0.15) is 6.10 Å². The smallest absolute Gasteiger partial charge is 0.414 e. The maximum atomic E-state index is 12.1. The van der Waals surface area contributed by atoms with Gasteiger partial charge < -0.3 is 4.74 Å². The molecule has 0 spiro atoms. The van der Waals surface area contributed by atoms with Crippen molar-refractivity contribution in [1.29, 1.82) is 0 Å². The predicted molar refractivity (Wildman–Crippen MR) is 89.3 cm³/mol. The highest BCUT2D eigenvalue weighted by Crippen LogP contribution is 2.22. The summed E-state index contributed by atoms with van der Waals surface area (Å²) in [7, 11) is 0. The van der Waals surface area contributed by atoms with E-state index in [1.165, 1.54) is 4.88 Å². The lowest BCUT2D eigenvalue weighted by atomic mass is 10.2. The first-order valence-electron chi connectivity index (χ1n) is 7.54. The summed E-state index contributed by atoms with van der Waals surface area (Å²) in [6.07, 6.45) is -0.323. The first-order chi connectivity index (χ1) is 10.8. The number of carbonyl (C=O) groups excluding carboxylic acids is 1. The van der Waals surface area contributed by atoms with Gasteiger partial charge in [-0.3, -0.25) is 9.80 Å². The van der Waals surface area contributed by atoms with Crippen LogP contribution in [0.5, 0.6) is 0 Å². The van der Waals surface area contributed by atoms with E-state index in [0.29, 0.717) is 6.54 Å². The van der Waals surface area contributed by atoms with E-state index in [9.17, 15) is 4.79 Å². The number of nitrogens with zero attached hydrogens (tertiary/aromatic N) is 2. The number of cyclic esters (lactones) is 1. The fourth-order valence-corrected chi connectivity index (χ4v) is 3.40. The van der Waals surface area contributed by atoms with Crippen molar-refractivity contribution < 1.29 is 9.53 Å². The van der Waals surface area contributed by atoms with Gasteiger partial charge in [-0.1, -0.05) is 31.2 Å². The van der Waals surface area contributed by atoms with Crippen molar-refractivity contribution >= 4 is 23.1 Å². The number of anilines is 1. The predicted octanol–water partition coefficient (Wildman–Crippen LogP) is 3.60. The minimum absolute atomic E-state index is 0.0763. The largest absolute Gasteiger partial charge is 0.443 e. The van der Waals surface area contributed by atoms with Gasteiger partial charge in [0.15, 0.2) is 0 Å². The number of para-hydroxylation sites is 1. The van der Waals surface area contributed by atoms with E-state index in [1.54, 1.807) is 16.2 Å². The molecular weight excluding hydrogens is 296 g/mol. The zero-order chi connectivity index (χ0) is 15.4. The third kappa shape index (κ3) is 3.48. The number of amides is 1. The third-order valence-corrected chi connectivity index (χ3v) is 4.67. The fraction of sp³-hybridized carbons (Fsp3) is 0.353. The number of hydrogen-bond donors (Lipinski definition) is 0. The number of thiophene rings is 1. The van der Waals surface area contributed by atoms with Crippen LogP contribution < -0.4 is 4.90 Å². The zero-order valence-electron chi connectivity index (χ0n) is 12.6. The van der Waals surface area contributed by atoms with Crippen molar-refractivity contribution in [1.82, 2.24) is 4.90 Å². The lowest BCUT2D eigenvalue weighted by Gasteiger charge is -2.22. The number of rotatable bonds is 6. The molecule has 0 unspecified atom stereocenters. The molecule has 1 saturated heterocycles. The summed E-state index contributed by atoms with van der Waals surface area (Å²) in [4.78, 5) is 17.4. The summed E-state index contributed by atoms with van der Waals surface area (Å²) in [6, 6.07) is 13.9. The Balaban J connectivity index is 1.60. The van der Waals surface area contributed by atoms with Gasteiger partial charge in [0.25, 0.3) is 0 Å². The Morgan fingerprint density at radius 2 is 2.09 bits per heavy atom. The van der Waals surface area contributed by atoms with Crippen LogP contribution in [0, 0.1) is 0 Å². The second-order valence-electron chi connectivity index (χ2n) is 5.36. The summed E-state index contributed by atoms with van der Waals surface area (Å²) < 4.78 is 5.53. The van der Waals surface area contributed by atoms with E-state index in [0.717, 1.165) is 25.3 Å². The molecule has 1 aliphatic heterocycles. The fourth-order valence-electron chi connectivity index (χ4n) is 2.65. The number of likely N-dealkylation sites (N-methyl/N-ethyl adjacent to an activating group) is 1. The van der Waals surface area contributed by atoms with Gasteiger partial charge in [0.2, 0.25) is 0 Å². The Bertz CT molecular complexity index is 600. The van der Waals surface area contributed by atoms with E-state index in [4.69, 9.17) is 4.74 Å². The van der Waals surface area contributed by atoms with Crippen LogP contribution in [0.15, 0.2) is 47.8 Å².